The molecule has 0 heterocycles. The molecule has 0 aliphatic carbocycles. The molecule has 578 valence electrons. The molecule has 0 bridgehead atoms. The number of unbranched alkanes of at least 4 members (excludes halogenated alkanes) is 32. The lowest BCUT2D eigenvalue weighted by molar-refractivity contribution is -0.161. The first kappa shape index (κ1) is 96.0. The van der Waals surface area contributed by atoms with Crippen LogP contribution in [0.2, 0.25) is 0 Å². The molecule has 0 radical (unpaired) electrons. The maximum absolute atomic E-state index is 13.1. The van der Waals surface area contributed by atoms with Crippen LogP contribution in [0, 0.1) is 0 Å². The summed E-state index contributed by atoms with van der Waals surface area (Å²) in [4.78, 5) is 72.9. The molecule has 17 nitrogen and oxygen atoms in total. The van der Waals surface area contributed by atoms with E-state index in [0.717, 1.165) is 193 Å². The normalized spacial score (nSPS) is 14.4. The van der Waals surface area contributed by atoms with Crippen molar-refractivity contribution in [2.75, 3.05) is 39.6 Å². The Balaban J connectivity index is 5.37. The Hall–Kier alpha value is -4.02. The summed E-state index contributed by atoms with van der Waals surface area (Å²) in [6.45, 7) is 4.68. The van der Waals surface area contributed by atoms with Gasteiger partial charge in [-0.25, -0.2) is 9.13 Å². The lowest BCUT2D eigenvalue weighted by Gasteiger charge is -2.21. The summed E-state index contributed by atoms with van der Waals surface area (Å²) >= 11 is 0. The van der Waals surface area contributed by atoms with Crippen molar-refractivity contribution < 1.29 is 80.2 Å². The fourth-order valence-corrected chi connectivity index (χ4v) is 12.0. The number of rotatable bonds is 74. The molecule has 0 saturated heterocycles. The number of hydrogen-bond acceptors (Lipinski definition) is 15. The molecule has 5 unspecified atom stereocenters. The number of hydrogen-bond donors (Lipinski definition) is 3. The second kappa shape index (κ2) is 73.3. The van der Waals surface area contributed by atoms with Crippen LogP contribution in [0.4, 0.5) is 0 Å². The van der Waals surface area contributed by atoms with Gasteiger partial charge in [0.2, 0.25) is 0 Å². The van der Waals surface area contributed by atoms with Crippen LogP contribution >= 0.6 is 15.6 Å². The van der Waals surface area contributed by atoms with E-state index in [1.807, 2.05) is 0 Å². The Bertz CT molecular complexity index is 2270. The summed E-state index contributed by atoms with van der Waals surface area (Å²) in [6, 6.07) is 0. The largest absolute Gasteiger partial charge is 0.472 e. The molecule has 0 aliphatic heterocycles. The SMILES string of the molecule is CC/C=C\C/C=C\C/C=C\CCCCCCCCCC(=O)OCC(COP(=O)(O)OCC(O)COP(=O)(O)OCC(COC(=O)CCCCCCC/C=C\C/C=C\CCCCC)OC(=O)CCCCCCC/C=C\CCCCCC)OC(=O)CCCCCCC/C=C\C/C=C\CCCCC. The van der Waals surface area contributed by atoms with Gasteiger partial charge in [0.1, 0.15) is 19.3 Å². The zero-order valence-electron chi connectivity index (χ0n) is 63.1. The summed E-state index contributed by atoms with van der Waals surface area (Å²) < 4.78 is 68.5. The van der Waals surface area contributed by atoms with Crippen molar-refractivity contribution in [3.63, 3.8) is 0 Å². The van der Waals surface area contributed by atoms with Crippen LogP contribution in [-0.4, -0.2) is 96.7 Å². The molecular formula is C81H142O17P2. The van der Waals surface area contributed by atoms with Gasteiger partial charge in [-0.3, -0.25) is 37.3 Å². The molecule has 19 heteroatoms. The van der Waals surface area contributed by atoms with Crippen molar-refractivity contribution in [3.8, 4) is 0 Å². The van der Waals surface area contributed by atoms with E-state index >= 15 is 0 Å². The van der Waals surface area contributed by atoms with E-state index in [-0.39, 0.29) is 25.7 Å². The predicted molar refractivity (Wildman–Crippen MR) is 409 cm³/mol. The summed E-state index contributed by atoms with van der Waals surface area (Å²) in [5.41, 5.74) is 0. The van der Waals surface area contributed by atoms with Gasteiger partial charge in [-0.05, 0) is 148 Å². The van der Waals surface area contributed by atoms with Crippen LogP contribution in [0.5, 0.6) is 0 Å². The maximum Gasteiger partial charge on any atom is 0.472 e. The number of carbonyl (C=O) groups excluding carboxylic acids is 4. The van der Waals surface area contributed by atoms with Gasteiger partial charge >= 0.3 is 39.5 Å². The highest BCUT2D eigenvalue weighted by atomic mass is 31.2. The first-order valence-electron chi connectivity index (χ1n) is 39.5. The molecule has 0 aromatic rings. The van der Waals surface area contributed by atoms with Crippen LogP contribution in [0.1, 0.15) is 336 Å². The van der Waals surface area contributed by atoms with Crippen molar-refractivity contribution in [1.82, 2.24) is 0 Å². The number of aliphatic hydroxyl groups is 1. The first-order valence-corrected chi connectivity index (χ1v) is 42.5. The van der Waals surface area contributed by atoms with Gasteiger partial charge in [0.15, 0.2) is 12.2 Å². The Labute approximate surface area is 607 Å². The van der Waals surface area contributed by atoms with Gasteiger partial charge in [-0.15, -0.1) is 0 Å². The van der Waals surface area contributed by atoms with Crippen molar-refractivity contribution in [1.29, 1.82) is 0 Å². The van der Waals surface area contributed by atoms with Crippen molar-refractivity contribution in [2.45, 2.75) is 354 Å². The Morgan fingerprint density at radius 1 is 0.290 bits per heavy atom. The zero-order valence-corrected chi connectivity index (χ0v) is 64.9. The van der Waals surface area contributed by atoms with E-state index in [4.69, 9.17) is 37.0 Å². The van der Waals surface area contributed by atoms with Crippen LogP contribution in [0.25, 0.3) is 0 Å². The van der Waals surface area contributed by atoms with Gasteiger partial charge in [0.25, 0.3) is 0 Å². The third kappa shape index (κ3) is 72.3. The van der Waals surface area contributed by atoms with Gasteiger partial charge in [0, 0.05) is 25.7 Å². The summed E-state index contributed by atoms with van der Waals surface area (Å²) in [6.07, 6.45) is 76.7. The molecule has 0 aliphatic rings. The number of esters is 4. The topological polar surface area (TPSA) is 237 Å². The Kier molecular flexibility index (Phi) is 70.4. The molecule has 0 aromatic carbocycles. The van der Waals surface area contributed by atoms with E-state index in [2.05, 4.69) is 125 Å². The minimum absolute atomic E-state index is 0.0765. The zero-order chi connectivity index (χ0) is 73.2. The minimum Gasteiger partial charge on any atom is -0.462 e. The highest BCUT2D eigenvalue weighted by molar-refractivity contribution is 7.47. The number of phosphoric acid groups is 2. The Morgan fingerprint density at radius 3 is 0.830 bits per heavy atom. The summed E-state index contributed by atoms with van der Waals surface area (Å²) in [7, 11) is -9.96. The van der Waals surface area contributed by atoms with Crippen molar-refractivity contribution in [2.24, 2.45) is 0 Å². The lowest BCUT2D eigenvalue weighted by Crippen LogP contribution is -2.30. The number of carbonyl (C=O) groups is 4. The average Bonchev–Trinajstić information content (AvgIpc) is 1.06. The van der Waals surface area contributed by atoms with Crippen LogP contribution in [-0.2, 0) is 65.4 Å². The second-order valence-corrected chi connectivity index (χ2v) is 29.2. The monoisotopic (exact) mass is 1450 g/mol. The molecule has 100 heavy (non-hydrogen) atoms. The van der Waals surface area contributed by atoms with Gasteiger partial charge < -0.3 is 33.8 Å². The third-order valence-electron chi connectivity index (χ3n) is 16.5. The highest BCUT2D eigenvalue weighted by Gasteiger charge is 2.30. The number of aliphatic hydroxyl groups excluding tert-OH is 1. The van der Waals surface area contributed by atoms with Crippen molar-refractivity contribution in [3.05, 3.63) is 97.2 Å². The second-order valence-electron chi connectivity index (χ2n) is 26.3. The first-order chi connectivity index (χ1) is 48.7. The number of phosphoric ester groups is 2. The van der Waals surface area contributed by atoms with Crippen LogP contribution < -0.4 is 0 Å². The van der Waals surface area contributed by atoms with Crippen LogP contribution in [0.15, 0.2) is 97.2 Å². The predicted octanol–water partition coefficient (Wildman–Crippen LogP) is 22.8. The maximum atomic E-state index is 13.1. The number of allylic oxidation sites excluding steroid dienone is 16. The number of ether oxygens (including phenoxy) is 4. The fourth-order valence-electron chi connectivity index (χ4n) is 10.5. The molecule has 0 amide bonds. The van der Waals surface area contributed by atoms with E-state index < -0.39 is 97.5 Å². The third-order valence-corrected chi connectivity index (χ3v) is 18.4. The quantitative estimate of drug-likeness (QED) is 0.0169. The molecule has 0 saturated carbocycles. The average molecular weight is 1450 g/mol. The molecule has 0 fully saturated rings. The van der Waals surface area contributed by atoms with E-state index in [1.54, 1.807) is 0 Å². The van der Waals surface area contributed by atoms with E-state index in [9.17, 15) is 43.2 Å². The fraction of sp³-hybridized carbons (Fsp3) is 0.753. The molecule has 0 spiro atoms. The minimum atomic E-state index is -4.98. The molecule has 5 atom stereocenters. The van der Waals surface area contributed by atoms with E-state index in [0.29, 0.717) is 25.7 Å². The standard InChI is InChI=1S/C81H142O17P2/c1-5-9-13-17-21-25-29-33-36-37-40-43-46-50-54-58-62-66-79(84)92-72-77(98-81(86)68-64-60-56-52-48-44-39-35-31-27-23-19-15-11-7-3)74-96-100(89,90)94-70-75(82)69-93-99(87,88)95-73-76(97-80(85)67-63-59-55-51-47-41-32-28-24-20-16-12-8-4)71-91-78(83)65-61-57-53-49-45-42-38-34-30-26-22-18-14-10-6-2/h9,13,21-23,25-28,32-36,38-39,75-77,82H,5-8,10-12,14-20,24,29-31,37,40-74H2,1-4H3,(H,87,88)(H,89,90)/b13-9-,25-21-,26-22-,27-23-,32-28-,36-33-,38-34-,39-35-. The van der Waals surface area contributed by atoms with E-state index in [1.165, 1.54) is 64.2 Å². The van der Waals surface area contributed by atoms with Crippen molar-refractivity contribution >= 4 is 39.5 Å². The highest BCUT2D eigenvalue weighted by Crippen LogP contribution is 2.45. The summed E-state index contributed by atoms with van der Waals surface area (Å²) in [5, 5.41) is 10.6. The van der Waals surface area contributed by atoms with Gasteiger partial charge in [-0.2, -0.15) is 0 Å². The molecular weight excluding hydrogens is 1310 g/mol. The summed E-state index contributed by atoms with van der Waals surface area (Å²) in [5.74, 6) is -2.21. The smallest absolute Gasteiger partial charge is 0.462 e. The van der Waals surface area contributed by atoms with Gasteiger partial charge in [-0.1, -0.05) is 260 Å². The molecule has 0 aromatic heterocycles. The van der Waals surface area contributed by atoms with Gasteiger partial charge in [0.05, 0.1) is 26.4 Å². The van der Waals surface area contributed by atoms with Crippen LogP contribution in [0.3, 0.4) is 0 Å². The Morgan fingerprint density at radius 2 is 0.520 bits per heavy atom. The lowest BCUT2D eigenvalue weighted by atomic mass is 10.1. The molecule has 3 N–H and O–H groups in total. The molecule has 0 rings (SSSR count).